The number of nitrogens with two attached hydrogens (primary N) is 1. The summed E-state index contributed by atoms with van der Waals surface area (Å²) in [7, 11) is 2.30. The van der Waals surface area contributed by atoms with Crippen LogP contribution in [0.4, 0.5) is 5.69 Å². The Balaban J connectivity index is 1.67. The van der Waals surface area contributed by atoms with Crippen molar-refractivity contribution in [1.82, 2.24) is 9.80 Å². The molecule has 2 aliphatic rings. The highest BCUT2D eigenvalue weighted by Gasteiger charge is 2.34. The van der Waals surface area contributed by atoms with E-state index in [0.29, 0.717) is 0 Å². The average molecular weight is 245 g/mol. The van der Waals surface area contributed by atoms with Crippen molar-refractivity contribution in [2.24, 2.45) is 0 Å². The number of nitrogen functional groups attached to an aromatic ring is 1. The highest BCUT2D eigenvalue weighted by molar-refractivity contribution is 5.40. The van der Waals surface area contributed by atoms with Crippen molar-refractivity contribution in [2.75, 3.05) is 25.9 Å². The second-order valence-corrected chi connectivity index (χ2v) is 5.82. The first-order chi connectivity index (χ1) is 8.72. The highest BCUT2D eigenvalue weighted by atomic mass is 15.3. The van der Waals surface area contributed by atoms with E-state index in [0.717, 1.165) is 24.3 Å². The number of anilines is 1. The van der Waals surface area contributed by atoms with Gasteiger partial charge in [-0.3, -0.25) is 9.80 Å². The van der Waals surface area contributed by atoms with E-state index >= 15 is 0 Å². The summed E-state index contributed by atoms with van der Waals surface area (Å²) < 4.78 is 0. The van der Waals surface area contributed by atoms with E-state index in [2.05, 4.69) is 35.0 Å². The van der Waals surface area contributed by atoms with E-state index in [1.54, 1.807) is 0 Å². The molecule has 0 saturated carbocycles. The number of benzene rings is 1. The van der Waals surface area contributed by atoms with Crippen LogP contribution in [0.25, 0.3) is 0 Å². The van der Waals surface area contributed by atoms with Crippen LogP contribution in [-0.2, 0) is 6.54 Å². The lowest BCUT2D eigenvalue weighted by Crippen LogP contribution is -2.36. The number of likely N-dealkylation sites (N-methyl/N-ethyl adjacent to an activating group) is 1. The predicted octanol–water partition coefficient (Wildman–Crippen LogP) is 1.94. The van der Waals surface area contributed by atoms with Crippen LogP contribution in [0, 0.1) is 0 Å². The molecule has 18 heavy (non-hydrogen) atoms. The third-order valence-electron chi connectivity index (χ3n) is 4.59. The number of nitrogens with zero attached hydrogens (tertiary/aromatic N) is 2. The molecule has 2 saturated heterocycles. The Hall–Kier alpha value is -1.06. The molecule has 2 heterocycles. The van der Waals surface area contributed by atoms with E-state index in [9.17, 15) is 0 Å². The van der Waals surface area contributed by atoms with Gasteiger partial charge in [-0.25, -0.2) is 0 Å². The fourth-order valence-corrected chi connectivity index (χ4v) is 3.47. The molecule has 3 nitrogen and oxygen atoms in total. The van der Waals surface area contributed by atoms with E-state index in [4.69, 9.17) is 5.73 Å². The Labute approximate surface area is 110 Å². The van der Waals surface area contributed by atoms with Gasteiger partial charge in [-0.05, 0) is 44.0 Å². The lowest BCUT2D eigenvalue weighted by Gasteiger charge is -2.25. The van der Waals surface area contributed by atoms with Gasteiger partial charge < -0.3 is 5.73 Å². The Morgan fingerprint density at radius 1 is 1.22 bits per heavy atom. The normalized spacial score (nSPS) is 29.4. The first-order valence-electron chi connectivity index (χ1n) is 7.01. The summed E-state index contributed by atoms with van der Waals surface area (Å²) in [5.74, 6) is 0. The number of likely N-dealkylation sites (tertiary alicyclic amines) is 1. The topological polar surface area (TPSA) is 32.5 Å². The minimum Gasteiger partial charge on any atom is -0.399 e. The summed E-state index contributed by atoms with van der Waals surface area (Å²) in [6.07, 6.45) is 4.08. The molecule has 3 rings (SSSR count). The molecule has 1 aromatic carbocycles. The lowest BCUT2D eigenvalue weighted by molar-refractivity contribution is 0.214. The molecule has 0 aliphatic carbocycles. The Morgan fingerprint density at radius 3 is 2.89 bits per heavy atom. The Kier molecular flexibility index (Phi) is 3.27. The standard InChI is InChI=1S/C15H23N3/c1-17-14-5-6-15(17)11-18(8-7-14)10-12-3-2-4-13(16)9-12/h2-4,9,14-15H,5-8,10-11,16H2,1H3. The fourth-order valence-electron chi connectivity index (χ4n) is 3.47. The van der Waals surface area contributed by atoms with E-state index in [-0.39, 0.29) is 0 Å². The summed E-state index contributed by atoms with van der Waals surface area (Å²) in [6.45, 7) is 3.48. The largest absolute Gasteiger partial charge is 0.399 e. The van der Waals surface area contributed by atoms with Gasteiger partial charge in [0, 0.05) is 37.4 Å². The van der Waals surface area contributed by atoms with Crippen LogP contribution in [0.3, 0.4) is 0 Å². The first kappa shape index (κ1) is 12.0. The summed E-state index contributed by atoms with van der Waals surface area (Å²) in [6, 6.07) is 9.89. The summed E-state index contributed by atoms with van der Waals surface area (Å²) in [5, 5.41) is 0. The smallest absolute Gasteiger partial charge is 0.0317 e. The molecule has 98 valence electrons. The molecular weight excluding hydrogens is 222 g/mol. The van der Waals surface area contributed by atoms with Crippen molar-refractivity contribution >= 4 is 5.69 Å². The van der Waals surface area contributed by atoms with Gasteiger partial charge in [-0.2, -0.15) is 0 Å². The Morgan fingerprint density at radius 2 is 2.06 bits per heavy atom. The maximum atomic E-state index is 5.85. The van der Waals surface area contributed by atoms with Crippen LogP contribution in [0.1, 0.15) is 24.8 Å². The molecule has 2 bridgehead atoms. The zero-order valence-corrected chi connectivity index (χ0v) is 11.2. The Bertz CT molecular complexity index is 418. The van der Waals surface area contributed by atoms with Gasteiger partial charge in [-0.15, -0.1) is 0 Å². The molecule has 2 unspecified atom stereocenters. The molecule has 0 aromatic heterocycles. The van der Waals surface area contributed by atoms with Crippen LogP contribution < -0.4 is 5.73 Å². The molecular formula is C15H23N3. The zero-order valence-electron chi connectivity index (χ0n) is 11.2. The first-order valence-corrected chi connectivity index (χ1v) is 7.01. The van der Waals surface area contributed by atoms with Crippen LogP contribution in [0.15, 0.2) is 24.3 Å². The molecule has 0 spiro atoms. The predicted molar refractivity (Wildman–Crippen MR) is 75.3 cm³/mol. The van der Waals surface area contributed by atoms with Crippen LogP contribution in [0.2, 0.25) is 0 Å². The van der Waals surface area contributed by atoms with E-state index in [1.165, 1.54) is 37.9 Å². The van der Waals surface area contributed by atoms with Crippen molar-refractivity contribution in [3.05, 3.63) is 29.8 Å². The molecule has 0 radical (unpaired) electrons. The second kappa shape index (κ2) is 4.90. The molecule has 3 heteroatoms. The number of hydrogen-bond acceptors (Lipinski definition) is 3. The minimum absolute atomic E-state index is 0.763. The molecule has 2 fully saturated rings. The van der Waals surface area contributed by atoms with Crippen LogP contribution in [-0.4, -0.2) is 42.0 Å². The number of rotatable bonds is 2. The van der Waals surface area contributed by atoms with Gasteiger partial charge in [0.2, 0.25) is 0 Å². The third kappa shape index (κ3) is 2.38. The summed E-state index contributed by atoms with van der Waals surface area (Å²) in [5.41, 5.74) is 8.07. The molecule has 0 amide bonds. The van der Waals surface area contributed by atoms with Gasteiger partial charge in [0.1, 0.15) is 0 Å². The van der Waals surface area contributed by atoms with Crippen molar-refractivity contribution in [2.45, 2.75) is 37.9 Å². The molecule has 2 aliphatic heterocycles. The van der Waals surface area contributed by atoms with Gasteiger partial charge in [0.15, 0.2) is 0 Å². The maximum Gasteiger partial charge on any atom is 0.0317 e. The highest BCUT2D eigenvalue weighted by Crippen LogP contribution is 2.29. The van der Waals surface area contributed by atoms with E-state index < -0.39 is 0 Å². The quantitative estimate of drug-likeness (QED) is 0.808. The molecule has 2 atom stereocenters. The minimum atomic E-state index is 0.763. The summed E-state index contributed by atoms with van der Waals surface area (Å²) >= 11 is 0. The number of hydrogen-bond donors (Lipinski definition) is 1. The summed E-state index contributed by atoms with van der Waals surface area (Å²) in [4.78, 5) is 5.19. The van der Waals surface area contributed by atoms with Gasteiger partial charge in [0.25, 0.3) is 0 Å². The lowest BCUT2D eigenvalue weighted by atomic mass is 10.1. The van der Waals surface area contributed by atoms with E-state index in [1.807, 2.05) is 6.07 Å². The van der Waals surface area contributed by atoms with Crippen molar-refractivity contribution in [3.8, 4) is 0 Å². The van der Waals surface area contributed by atoms with Crippen molar-refractivity contribution < 1.29 is 0 Å². The van der Waals surface area contributed by atoms with Gasteiger partial charge in [0.05, 0.1) is 0 Å². The van der Waals surface area contributed by atoms with Crippen LogP contribution >= 0.6 is 0 Å². The van der Waals surface area contributed by atoms with Gasteiger partial charge in [-0.1, -0.05) is 12.1 Å². The van der Waals surface area contributed by atoms with Gasteiger partial charge >= 0.3 is 0 Å². The average Bonchev–Trinajstić information content (AvgIpc) is 2.58. The zero-order chi connectivity index (χ0) is 12.5. The van der Waals surface area contributed by atoms with Crippen molar-refractivity contribution in [1.29, 1.82) is 0 Å². The maximum absolute atomic E-state index is 5.85. The van der Waals surface area contributed by atoms with Crippen LogP contribution in [0.5, 0.6) is 0 Å². The molecule has 2 N–H and O–H groups in total. The third-order valence-corrected chi connectivity index (χ3v) is 4.59. The second-order valence-electron chi connectivity index (χ2n) is 5.82. The SMILES string of the molecule is CN1C2CCC1CN(Cc1cccc(N)c1)CC2. The monoisotopic (exact) mass is 245 g/mol. The fraction of sp³-hybridized carbons (Fsp3) is 0.600. The number of fused-ring (bicyclic) bond motifs is 2. The molecule has 1 aromatic rings. The van der Waals surface area contributed by atoms with Crippen molar-refractivity contribution in [3.63, 3.8) is 0 Å².